The molecule has 1 aromatic heterocycles. The van der Waals surface area contributed by atoms with Gasteiger partial charge in [-0.2, -0.15) is 0 Å². The van der Waals surface area contributed by atoms with Crippen LogP contribution in [0.1, 0.15) is 18.9 Å². The number of benzene rings is 1. The lowest BCUT2D eigenvalue weighted by atomic mass is 10.2. The van der Waals surface area contributed by atoms with Crippen molar-refractivity contribution in [1.29, 1.82) is 0 Å². The Kier molecular flexibility index (Phi) is 3.97. The molecule has 0 unspecified atom stereocenters. The Hall–Kier alpha value is -1.84. The quantitative estimate of drug-likeness (QED) is 0.854. The van der Waals surface area contributed by atoms with Crippen molar-refractivity contribution in [3.63, 3.8) is 0 Å². The van der Waals surface area contributed by atoms with Crippen LogP contribution in [-0.2, 0) is 13.1 Å². The van der Waals surface area contributed by atoms with E-state index in [4.69, 9.17) is 0 Å². The van der Waals surface area contributed by atoms with Gasteiger partial charge in [-0.1, -0.05) is 13.0 Å². The number of nitrogens with zero attached hydrogens (tertiary/aromatic N) is 1. The Morgan fingerprint density at radius 3 is 2.83 bits per heavy atom. The third-order valence-electron chi connectivity index (χ3n) is 2.73. The zero-order valence-corrected chi connectivity index (χ0v) is 10.3. The van der Waals surface area contributed by atoms with Gasteiger partial charge in [0.25, 0.3) is 0 Å². The van der Waals surface area contributed by atoms with Gasteiger partial charge in [0, 0.05) is 25.5 Å². The van der Waals surface area contributed by atoms with Crippen LogP contribution in [0.4, 0.5) is 14.5 Å². The molecule has 2 rings (SSSR count). The molecule has 0 atom stereocenters. The first-order chi connectivity index (χ1) is 8.70. The Morgan fingerprint density at radius 2 is 2.06 bits per heavy atom. The number of hydrogen-bond donors (Lipinski definition) is 1. The fourth-order valence-corrected chi connectivity index (χ4v) is 1.83. The molecule has 0 spiro atoms. The minimum absolute atomic E-state index is 0.193. The van der Waals surface area contributed by atoms with Gasteiger partial charge < -0.3 is 9.88 Å². The predicted molar refractivity (Wildman–Crippen MR) is 68.4 cm³/mol. The van der Waals surface area contributed by atoms with Crippen molar-refractivity contribution in [2.24, 2.45) is 0 Å². The molecule has 96 valence electrons. The summed E-state index contributed by atoms with van der Waals surface area (Å²) in [6.45, 7) is 3.56. The minimum Gasteiger partial charge on any atom is -0.378 e. The number of aryl methyl sites for hydroxylation is 1. The van der Waals surface area contributed by atoms with E-state index >= 15 is 0 Å². The highest BCUT2D eigenvalue weighted by Crippen LogP contribution is 2.17. The lowest BCUT2D eigenvalue weighted by Crippen LogP contribution is -2.02. The molecule has 0 saturated heterocycles. The van der Waals surface area contributed by atoms with Gasteiger partial charge >= 0.3 is 0 Å². The molecule has 0 aliphatic heterocycles. The molecule has 0 aliphatic carbocycles. The summed E-state index contributed by atoms with van der Waals surface area (Å²) >= 11 is 0. The Bertz CT molecular complexity index is 520. The van der Waals surface area contributed by atoms with Gasteiger partial charge in [-0.3, -0.25) is 0 Å². The third-order valence-corrected chi connectivity index (χ3v) is 2.73. The van der Waals surface area contributed by atoms with Crippen molar-refractivity contribution < 1.29 is 8.78 Å². The van der Waals surface area contributed by atoms with Gasteiger partial charge in [0.15, 0.2) is 11.6 Å². The number of aromatic nitrogens is 1. The maximum Gasteiger partial charge on any atom is 0.181 e. The molecule has 1 aromatic carbocycles. The van der Waals surface area contributed by atoms with E-state index in [-0.39, 0.29) is 5.69 Å². The summed E-state index contributed by atoms with van der Waals surface area (Å²) in [7, 11) is 0. The van der Waals surface area contributed by atoms with Crippen LogP contribution in [0, 0.1) is 11.6 Å². The molecule has 0 saturated carbocycles. The molecular formula is C14H16F2N2. The van der Waals surface area contributed by atoms with Crippen LogP contribution in [0.3, 0.4) is 0 Å². The molecule has 0 bridgehead atoms. The molecule has 18 heavy (non-hydrogen) atoms. The van der Waals surface area contributed by atoms with E-state index in [9.17, 15) is 8.78 Å². The normalized spacial score (nSPS) is 10.6. The number of nitrogens with one attached hydrogen (secondary N) is 1. The fraction of sp³-hybridized carbons (Fsp3) is 0.286. The van der Waals surface area contributed by atoms with Crippen LogP contribution in [-0.4, -0.2) is 4.57 Å². The Labute approximate surface area is 105 Å². The number of halogens is 2. The lowest BCUT2D eigenvalue weighted by molar-refractivity contribution is 0.511. The van der Waals surface area contributed by atoms with Gasteiger partial charge in [0.1, 0.15) is 0 Å². The van der Waals surface area contributed by atoms with Crippen LogP contribution in [0.2, 0.25) is 0 Å². The molecule has 0 radical (unpaired) electrons. The van der Waals surface area contributed by atoms with E-state index in [1.54, 1.807) is 0 Å². The van der Waals surface area contributed by atoms with Crippen LogP contribution >= 0.6 is 0 Å². The van der Waals surface area contributed by atoms with E-state index in [1.807, 2.05) is 18.5 Å². The Balaban J connectivity index is 2.00. The van der Waals surface area contributed by atoms with Crippen molar-refractivity contribution in [3.8, 4) is 0 Å². The van der Waals surface area contributed by atoms with Crippen molar-refractivity contribution >= 4 is 5.69 Å². The topological polar surface area (TPSA) is 17.0 Å². The number of rotatable bonds is 5. The number of anilines is 1. The van der Waals surface area contributed by atoms with Crippen LogP contribution < -0.4 is 5.32 Å². The van der Waals surface area contributed by atoms with Gasteiger partial charge in [0.2, 0.25) is 0 Å². The lowest BCUT2D eigenvalue weighted by Gasteiger charge is -2.06. The molecule has 0 fully saturated rings. The largest absolute Gasteiger partial charge is 0.378 e. The van der Waals surface area contributed by atoms with E-state index in [0.29, 0.717) is 6.54 Å². The highest BCUT2D eigenvalue weighted by atomic mass is 19.2. The van der Waals surface area contributed by atoms with Gasteiger partial charge in [-0.15, -0.1) is 0 Å². The van der Waals surface area contributed by atoms with Crippen molar-refractivity contribution in [2.45, 2.75) is 26.4 Å². The highest BCUT2D eigenvalue weighted by Gasteiger charge is 2.06. The monoisotopic (exact) mass is 250 g/mol. The van der Waals surface area contributed by atoms with Crippen LogP contribution in [0.25, 0.3) is 0 Å². The minimum atomic E-state index is -0.830. The second-order valence-corrected chi connectivity index (χ2v) is 4.21. The average molecular weight is 250 g/mol. The summed E-state index contributed by atoms with van der Waals surface area (Å²) in [6.07, 6.45) is 5.07. The second-order valence-electron chi connectivity index (χ2n) is 4.21. The summed E-state index contributed by atoms with van der Waals surface area (Å²) in [5.41, 5.74) is 1.24. The first kappa shape index (κ1) is 12.6. The molecule has 1 heterocycles. The summed E-state index contributed by atoms with van der Waals surface area (Å²) in [5, 5.41) is 2.90. The predicted octanol–water partition coefficient (Wildman–Crippen LogP) is 3.79. The highest BCUT2D eigenvalue weighted by molar-refractivity contribution is 5.45. The molecular weight excluding hydrogens is 234 g/mol. The summed E-state index contributed by atoms with van der Waals surface area (Å²) in [4.78, 5) is 0. The number of hydrogen-bond acceptors (Lipinski definition) is 1. The van der Waals surface area contributed by atoms with Crippen molar-refractivity contribution in [3.05, 3.63) is 53.9 Å². The maximum atomic E-state index is 13.4. The second kappa shape index (κ2) is 5.67. The van der Waals surface area contributed by atoms with E-state index < -0.39 is 11.6 Å². The van der Waals surface area contributed by atoms with Crippen LogP contribution in [0.15, 0.2) is 36.7 Å². The molecule has 2 aromatic rings. The average Bonchev–Trinajstić information content (AvgIpc) is 2.79. The zero-order chi connectivity index (χ0) is 13.0. The molecule has 2 nitrogen and oxygen atoms in total. The summed E-state index contributed by atoms with van der Waals surface area (Å²) < 4.78 is 28.5. The first-order valence-electron chi connectivity index (χ1n) is 6.03. The van der Waals surface area contributed by atoms with E-state index in [2.05, 4.69) is 16.8 Å². The molecule has 0 aliphatic rings. The Morgan fingerprint density at radius 1 is 1.22 bits per heavy atom. The molecule has 4 heteroatoms. The smallest absolute Gasteiger partial charge is 0.181 e. The molecule has 1 N–H and O–H groups in total. The van der Waals surface area contributed by atoms with E-state index in [1.165, 1.54) is 12.1 Å². The molecule has 0 amide bonds. The summed E-state index contributed by atoms with van der Waals surface area (Å²) in [5.74, 6) is -1.66. The standard InChI is InChI=1S/C14H16F2N2/c1-2-7-18-8-6-11(10-18)9-17-13-5-3-4-12(15)14(13)16/h3-6,8,10,17H,2,7,9H2,1H3. The van der Waals surface area contributed by atoms with Crippen molar-refractivity contribution in [2.75, 3.05) is 5.32 Å². The van der Waals surface area contributed by atoms with E-state index in [0.717, 1.165) is 24.6 Å². The third kappa shape index (κ3) is 2.88. The zero-order valence-electron chi connectivity index (χ0n) is 10.3. The first-order valence-corrected chi connectivity index (χ1v) is 6.03. The van der Waals surface area contributed by atoms with Gasteiger partial charge in [-0.05, 0) is 30.2 Å². The van der Waals surface area contributed by atoms with Crippen molar-refractivity contribution in [1.82, 2.24) is 4.57 Å². The fourth-order valence-electron chi connectivity index (χ4n) is 1.83. The SMILES string of the molecule is CCCn1ccc(CNc2cccc(F)c2F)c1. The van der Waals surface area contributed by atoms with Gasteiger partial charge in [0.05, 0.1) is 5.69 Å². The maximum absolute atomic E-state index is 13.4. The van der Waals surface area contributed by atoms with Gasteiger partial charge in [-0.25, -0.2) is 8.78 Å². The van der Waals surface area contributed by atoms with Crippen LogP contribution in [0.5, 0.6) is 0 Å². The summed E-state index contributed by atoms with van der Waals surface area (Å²) in [6, 6.07) is 6.10.